The van der Waals surface area contributed by atoms with Gasteiger partial charge in [0, 0.05) is 41.9 Å². The molecular weight excluding hydrogens is 406 g/mol. The smallest absolute Gasteiger partial charge is 0.269 e. The van der Waals surface area contributed by atoms with Crippen molar-refractivity contribution < 1.29 is 9.66 Å². The maximum atomic E-state index is 11.9. The van der Waals surface area contributed by atoms with Crippen LogP contribution in [0.3, 0.4) is 0 Å². The highest BCUT2D eigenvalue weighted by Crippen LogP contribution is 2.25. The van der Waals surface area contributed by atoms with E-state index in [9.17, 15) is 14.9 Å². The molecule has 0 atom stereocenters. The number of nitrogens with one attached hydrogen (secondary N) is 1. The topological polar surface area (TPSA) is 116 Å². The van der Waals surface area contributed by atoms with Crippen molar-refractivity contribution in [2.75, 3.05) is 0 Å². The number of aromatic amines is 1. The number of non-ortho nitro benzene ring substituents is 1. The van der Waals surface area contributed by atoms with Crippen molar-refractivity contribution in [2.24, 2.45) is 7.05 Å². The van der Waals surface area contributed by atoms with Gasteiger partial charge in [-0.1, -0.05) is 30.0 Å². The van der Waals surface area contributed by atoms with Gasteiger partial charge < -0.3 is 14.3 Å². The number of thioether (sulfide) groups is 1. The van der Waals surface area contributed by atoms with Gasteiger partial charge in [0.1, 0.15) is 12.4 Å². The summed E-state index contributed by atoms with van der Waals surface area (Å²) in [5.41, 5.74) is 1.59. The van der Waals surface area contributed by atoms with Crippen molar-refractivity contribution in [3.05, 3.63) is 86.5 Å². The predicted octanol–water partition coefficient (Wildman–Crippen LogP) is 3.44. The average molecular weight is 423 g/mol. The molecule has 0 aliphatic rings. The van der Waals surface area contributed by atoms with Crippen LogP contribution in [0, 0.1) is 10.1 Å². The molecule has 0 fully saturated rings. The Balaban J connectivity index is 1.44. The molecule has 0 aliphatic carbocycles. The number of nitrogens with zero attached hydrogens (tertiary/aromatic N) is 4. The molecule has 152 valence electrons. The molecule has 0 spiro atoms. The van der Waals surface area contributed by atoms with Gasteiger partial charge >= 0.3 is 0 Å². The summed E-state index contributed by atoms with van der Waals surface area (Å²) in [5.74, 6) is 1.69. The van der Waals surface area contributed by atoms with Gasteiger partial charge in [0.25, 0.3) is 5.69 Å². The average Bonchev–Trinajstić information content (AvgIpc) is 3.10. The summed E-state index contributed by atoms with van der Waals surface area (Å²) in [4.78, 5) is 25.0. The molecule has 9 nitrogen and oxygen atoms in total. The number of rotatable bonds is 7. The molecule has 4 aromatic rings. The Morgan fingerprint density at radius 1 is 1.17 bits per heavy atom. The molecule has 0 unspecified atom stereocenters. The van der Waals surface area contributed by atoms with E-state index in [1.54, 1.807) is 18.2 Å². The highest BCUT2D eigenvalue weighted by molar-refractivity contribution is 7.98. The molecule has 0 bridgehead atoms. The van der Waals surface area contributed by atoms with Crippen LogP contribution in [0.2, 0.25) is 0 Å². The van der Waals surface area contributed by atoms with Gasteiger partial charge in [-0.15, -0.1) is 10.2 Å². The van der Waals surface area contributed by atoms with Crippen LogP contribution >= 0.6 is 11.8 Å². The van der Waals surface area contributed by atoms with E-state index in [1.807, 2.05) is 35.9 Å². The number of fused-ring (bicyclic) bond motifs is 1. The number of aromatic nitrogens is 4. The molecule has 4 rings (SSSR count). The number of pyridine rings is 1. The minimum absolute atomic E-state index is 0.00645. The highest BCUT2D eigenvalue weighted by atomic mass is 32.2. The number of benzene rings is 2. The number of hydrogen-bond donors (Lipinski definition) is 1. The first-order chi connectivity index (χ1) is 14.5. The van der Waals surface area contributed by atoms with Crippen LogP contribution < -0.4 is 10.3 Å². The lowest BCUT2D eigenvalue weighted by molar-refractivity contribution is -0.384. The number of H-pyrrole nitrogens is 1. The largest absolute Gasteiger partial charge is 0.486 e. The Bertz CT molecular complexity index is 1270. The van der Waals surface area contributed by atoms with Gasteiger partial charge in [-0.25, -0.2) is 0 Å². The second kappa shape index (κ2) is 8.37. The third-order valence-corrected chi connectivity index (χ3v) is 5.60. The number of hydrogen-bond acceptors (Lipinski definition) is 7. The predicted molar refractivity (Wildman–Crippen MR) is 113 cm³/mol. The van der Waals surface area contributed by atoms with E-state index in [4.69, 9.17) is 4.74 Å². The van der Waals surface area contributed by atoms with Gasteiger partial charge in [-0.3, -0.25) is 14.9 Å². The summed E-state index contributed by atoms with van der Waals surface area (Å²) < 4.78 is 7.48. The molecule has 0 amide bonds. The Hall–Kier alpha value is -3.66. The SMILES string of the molecule is Cn1c(COc2ccc([N+](=O)[O-])cc2)nnc1SCc1cc(=O)[nH]c2ccccc12. The van der Waals surface area contributed by atoms with Crippen molar-refractivity contribution in [1.29, 1.82) is 0 Å². The standard InChI is InChI=1S/C20H17N5O4S/c1-24-18(11-29-15-8-6-14(7-9-15)25(27)28)22-23-20(24)30-12-13-10-19(26)21-17-5-3-2-4-16(13)17/h2-10H,11-12H2,1H3,(H,21,26). The molecule has 1 N–H and O–H groups in total. The van der Waals surface area contributed by atoms with E-state index in [0.717, 1.165) is 16.5 Å². The molecule has 0 radical (unpaired) electrons. The zero-order valence-electron chi connectivity index (χ0n) is 15.9. The Morgan fingerprint density at radius 2 is 1.93 bits per heavy atom. The van der Waals surface area contributed by atoms with Gasteiger partial charge in [0.05, 0.1) is 4.92 Å². The normalized spacial score (nSPS) is 11.0. The molecule has 10 heteroatoms. The lowest BCUT2D eigenvalue weighted by Crippen LogP contribution is -2.06. The van der Waals surface area contributed by atoms with Gasteiger partial charge in [0.15, 0.2) is 11.0 Å². The molecule has 0 saturated carbocycles. The first-order valence-corrected chi connectivity index (χ1v) is 9.99. The fraction of sp³-hybridized carbons (Fsp3) is 0.150. The van der Waals surface area contributed by atoms with Crippen LogP contribution in [-0.4, -0.2) is 24.7 Å². The zero-order valence-corrected chi connectivity index (χ0v) is 16.8. The summed E-state index contributed by atoms with van der Waals surface area (Å²) in [6.07, 6.45) is 0. The van der Waals surface area contributed by atoms with Crippen molar-refractivity contribution in [3.8, 4) is 5.75 Å². The molecule has 2 aromatic heterocycles. The van der Waals surface area contributed by atoms with Crippen molar-refractivity contribution in [1.82, 2.24) is 19.7 Å². The van der Waals surface area contributed by atoms with E-state index in [1.165, 1.54) is 23.9 Å². The van der Waals surface area contributed by atoms with Crippen LogP contribution in [0.25, 0.3) is 10.9 Å². The summed E-state index contributed by atoms with van der Waals surface area (Å²) >= 11 is 1.48. The summed E-state index contributed by atoms with van der Waals surface area (Å²) in [5, 5.41) is 20.8. The number of nitro benzene ring substituents is 1. The monoisotopic (exact) mass is 423 g/mol. The van der Waals surface area contributed by atoms with Crippen LogP contribution in [-0.2, 0) is 19.4 Å². The third kappa shape index (κ3) is 4.18. The van der Waals surface area contributed by atoms with E-state index in [2.05, 4.69) is 15.2 Å². The second-order valence-electron chi connectivity index (χ2n) is 6.49. The Labute approximate surface area is 174 Å². The second-order valence-corrected chi connectivity index (χ2v) is 7.43. The summed E-state index contributed by atoms with van der Waals surface area (Å²) in [7, 11) is 1.84. The maximum absolute atomic E-state index is 11.9. The summed E-state index contributed by atoms with van der Waals surface area (Å²) in [6.45, 7) is 0.176. The lowest BCUT2D eigenvalue weighted by atomic mass is 10.1. The number of nitro groups is 1. The minimum atomic E-state index is -0.459. The third-order valence-electron chi connectivity index (χ3n) is 4.53. The van der Waals surface area contributed by atoms with Crippen LogP contribution in [0.5, 0.6) is 5.75 Å². The van der Waals surface area contributed by atoms with Gasteiger partial charge in [-0.2, -0.15) is 0 Å². The Kier molecular flexibility index (Phi) is 5.48. The first-order valence-electron chi connectivity index (χ1n) is 9.00. The van der Waals surface area contributed by atoms with E-state index >= 15 is 0 Å². The van der Waals surface area contributed by atoms with E-state index in [-0.39, 0.29) is 17.9 Å². The van der Waals surface area contributed by atoms with Crippen LogP contribution in [0.4, 0.5) is 5.69 Å². The first kappa shape index (κ1) is 19.6. The maximum Gasteiger partial charge on any atom is 0.269 e. The molecule has 0 saturated heterocycles. The van der Waals surface area contributed by atoms with Crippen molar-refractivity contribution in [2.45, 2.75) is 17.5 Å². The van der Waals surface area contributed by atoms with Crippen molar-refractivity contribution in [3.63, 3.8) is 0 Å². The lowest BCUT2D eigenvalue weighted by Gasteiger charge is -2.07. The van der Waals surface area contributed by atoms with E-state index < -0.39 is 4.92 Å². The number of ether oxygens (including phenoxy) is 1. The quantitative estimate of drug-likeness (QED) is 0.275. The van der Waals surface area contributed by atoms with Crippen LogP contribution in [0.1, 0.15) is 11.4 Å². The van der Waals surface area contributed by atoms with Gasteiger partial charge in [-0.05, 0) is 23.8 Å². The van der Waals surface area contributed by atoms with Crippen LogP contribution in [0.15, 0.2) is 64.5 Å². The number of para-hydroxylation sites is 1. The van der Waals surface area contributed by atoms with Crippen molar-refractivity contribution >= 4 is 28.4 Å². The molecule has 2 heterocycles. The molecular formula is C20H17N5O4S. The zero-order chi connectivity index (χ0) is 21.1. The molecule has 30 heavy (non-hydrogen) atoms. The van der Waals surface area contributed by atoms with E-state index in [0.29, 0.717) is 22.5 Å². The fourth-order valence-corrected chi connectivity index (χ4v) is 3.87. The summed E-state index contributed by atoms with van der Waals surface area (Å²) in [6, 6.07) is 15.1. The Morgan fingerprint density at radius 3 is 2.70 bits per heavy atom. The minimum Gasteiger partial charge on any atom is -0.486 e. The fourth-order valence-electron chi connectivity index (χ4n) is 2.95. The molecule has 0 aliphatic heterocycles. The molecule has 2 aromatic carbocycles. The highest BCUT2D eigenvalue weighted by Gasteiger charge is 2.12. The van der Waals surface area contributed by atoms with Gasteiger partial charge in [0.2, 0.25) is 5.56 Å².